The van der Waals surface area contributed by atoms with E-state index in [2.05, 4.69) is 5.32 Å². The molecule has 0 spiro atoms. The number of benzene rings is 3. The predicted molar refractivity (Wildman–Crippen MR) is 118 cm³/mol. The number of sulfonamides is 1. The van der Waals surface area contributed by atoms with Crippen LogP contribution in [0.3, 0.4) is 0 Å². The molecule has 0 aliphatic carbocycles. The van der Waals surface area contributed by atoms with Gasteiger partial charge in [-0.3, -0.25) is 4.31 Å². The molecule has 152 valence electrons. The molecule has 0 unspecified atom stereocenters. The second-order valence-corrected chi connectivity index (χ2v) is 9.18. The quantitative estimate of drug-likeness (QED) is 0.580. The smallest absolute Gasteiger partial charge is 0.264 e. The van der Waals surface area contributed by atoms with E-state index in [0.29, 0.717) is 0 Å². The molecule has 0 saturated heterocycles. The number of aryl methyl sites for hydroxylation is 1. The lowest BCUT2D eigenvalue weighted by atomic mass is 10.2. The Labute approximate surface area is 172 Å². The van der Waals surface area contributed by atoms with Gasteiger partial charge in [0.1, 0.15) is 5.75 Å². The molecule has 0 aliphatic heterocycles. The summed E-state index contributed by atoms with van der Waals surface area (Å²) in [4.78, 5) is 0.183. The number of aromatic hydroxyl groups is 1. The number of phenolic OH excluding ortho intramolecular Hbond substituents is 1. The summed E-state index contributed by atoms with van der Waals surface area (Å²) in [6.45, 7) is 6.01. The zero-order valence-electron chi connectivity index (χ0n) is 16.8. The van der Waals surface area contributed by atoms with Crippen LogP contribution in [-0.4, -0.2) is 19.6 Å². The highest BCUT2D eigenvalue weighted by atomic mass is 32.2. The number of hydrogen-bond donors (Lipinski definition) is 2. The fraction of sp³-hybridized carbons (Fsp3) is 0.217. The molecule has 0 atom stereocenters. The zero-order valence-corrected chi connectivity index (χ0v) is 17.6. The van der Waals surface area contributed by atoms with Crippen LogP contribution in [0.4, 0.5) is 11.4 Å². The van der Waals surface area contributed by atoms with Crippen molar-refractivity contribution in [3.05, 3.63) is 83.9 Å². The molecular weight excluding hydrogens is 384 g/mol. The first-order valence-corrected chi connectivity index (χ1v) is 10.9. The molecular formula is C23H26N2O3S. The van der Waals surface area contributed by atoms with Crippen LogP contribution in [-0.2, 0) is 16.6 Å². The minimum Gasteiger partial charge on any atom is -0.506 e. The van der Waals surface area contributed by atoms with Gasteiger partial charge >= 0.3 is 0 Å². The topological polar surface area (TPSA) is 69.6 Å². The third kappa shape index (κ3) is 4.90. The van der Waals surface area contributed by atoms with E-state index >= 15 is 0 Å². The molecule has 0 amide bonds. The summed E-state index contributed by atoms with van der Waals surface area (Å²) in [7, 11) is -3.87. The molecule has 6 heteroatoms. The third-order valence-corrected chi connectivity index (χ3v) is 6.25. The Balaban J connectivity index is 2.07. The Kier molecular flexibility index (Phi) is 6.13. The van der Waals surface area contributed by atoms with Gasteiger partial charge in [-0.15, -0.1) is 0 Å². The van der Waals surface area contributed by atoms with Crippen molar-refractivity contribution in [2.75, 3.05) is 9.62 Å². The van der Waals surface area contributed by atoms with Crippen LogP contribution in [0, 0.1) is 6.92 Å². The zero-order chi connectivity index (χ0) is 21.0. The first kappa shape index (κ1) is 20.7. The van der Waals surface area contributed by atoms with Crippen LogP contribution in [0.1, 0.15) is 25.0 Å². The Bertz CT molecular complexity index is 1060. The number of phenols is 1. The monoisotopic (exact) mass is 410 g/mol. The van der Waals surface area contributed by atoms with Crippen molar-refractivity contribution < 1.29 is 13.5 Å². The molecule has 29 heavy (non-hydrogen) atoms. The summed E-state index contributed by atoms with van der Waals surface area (Å²) in [5, 5.41) is 13.9. The van der Waals surface area contributed by atoms with Crippen LogP contribution >= 0.6 is 0 Å². The maximum Gasteiger partial charge on any atom is 0.264 e. The maximum absolute atomic E-state index is 13.5. The van der Waals surface area contributed by atoms with Gasteiger partial charge in [0.05, 0.1) is 17.1 Å². The Hall–Kier alpha value is -2.99. The lowest BCUT2D eigenvalue weighted by molar-refractivity contribution is 0.475. The van der Waals surface area contributed by atoms with Crippen molar-refractivity contribution in [3.63, 3.8) is 0 Å². The van der Waals surface area contributed by atoms with Gasteiger partial charge in [-0.1, -0.05) is 48.0 Å². The Morgan fingerprint density at radius 3 is 2.21 bits per heavy atom. The van der Waals surface area contributed by atoms with Gasteiger partial charge in [-0.25, -0.2) is 8.42 Å². The lowest BCUT2D eigenvalue weighted by Gasteiger charge is -2.26. The molecule has 0 heterocycles. The average molecular weight is 411 g/mol. The molecule has 0 bridgehead atoms. The van der Waals surface area contributed by atoms with Gasteiger partial charge in [0, 0.05) is 17.8 Å². The number of nitrogens with zero attached hydrogens (tertiary/aromatic N) is 1. The lowest BCUT2D eigenvalue weighted by Crippen LogP contribution is -2.30. The molecule has 0 aromatic heterocycles. The summed E-state index contributed by atoms with van der Waals surface area (Å²) >= 11 is 0. The van der Waals surface area contributed by atoms with Crippen LogP contribution < -0.4 is 9.62 Å². The molecule has 3 aromatic rings. The summed E-state index contributed by atoms with van der Waals surface area (Å²) in [6, 6.07) is 21.2. The Morgan fingerprint density at radius 2 is 1.62 bits per heavy atom. The highest BCUT2D eigenvalue weighted by Crippen LogP contribution is 2.35. The summed E-state index contributed by atoms with van der Waals surface area (Å²) < 4.78 is 28.2. The van der Waals surface area contributed by atoms with Crippen molar-refractivity contribution in [3.8, 4) is 5.75 Å². The number of hydrogen-bond acceptors (Lipinski definition) is 4. The normalized spacial score (nSPS) is 11.4. The van der Waals surface area contributed by atoms with Gasteiger partial charge in [-0.05, 0) is 50.6 Å². The summed E-state index contributed by atoms with van der Waals surface area (Å²) in [5.74, 6) is -0.0951. The van der Waals surface area contributed by atoms with E-state index in [9.17, 15) is 13.5 Å². The summed E-state index contributed by atoms with van der Waals surface area (Å²) in [5.41, 5.74) is 2.77. The van der Waals surface area contributed by atoms with E-state index in [1.165, 1.54) is 4.31 Å². The first-order chi connectivity index (χ1) is 13.8. The average Bonchev–Trinajstić information content (AvgIpc) is 2.67. The molecule has 0 aliphatic rings. The predicted octanol–water partition coefficient (Wildman–Crippen LogP) is 4.92. The third-order valence-electron chi connectivity index (χ3n) is 4.48. The fourth-order valence-electron chi connectivity index (χ4n) is 3.04. The number of anilines is 2. The molecule has 5 nitrogen and oxygen atoms in total. The molecule has 0 saturated carbocycles. The van der Waals surface area contributed by atoms with Crippen LogP contribution in [0.2, 0.25) is 0 Å². The largest absolute Gasteiger partial charge is 0.506 e. The van der Waals surface area contributed by atoms with Crippen molar-refractivity contribution >= 4 is 21.4 Å². The van der Waals surface area contributed by atoms with Crippen LogP contribution in [0.5, 0.6) is 5.75 Å². The minimum atomic E-state index is -3.87. The second kappa shape index (κ2) is 8.57. The van der Waals surface area contributed by atoms with E-state index in [0.717, 1.165) is 16.8 Å². The molecule has 0 fully saturated rings. The summed E-state index contributed by atoms with van der Waals surface area (Å²) in [6.07, 6.45) is 0. The van der Waals surface area contributed by atoms with Gasteiger partial charge in [0.15, 0.2) is 0 Å². The minimum absolute atomic E-state index is 0.0951. The van der Waals surface area contributed by atoms with Crippen molar-refractivity contribution in [2.24, 2.45) is 0 Å². The van der Waals surface area contributed by atoms with Crippen molar-refractivity contribution in [1.29, 1.82) is 0 Å². The first-order valence-electron chi connectivity index (χ1n) is 9.50. The highest BCUT2D eigenvalue weighted by Gasteiger charge is 2.27. The van der Waals surface area contributed by atoms with Crippen LogP contribution in [0.25, 0.3) is 0 Å². The van der Waals surface area contributed by atoms with E-state index < -0.39 is 10.0 Å². The van der Waals surface area contributed by atoms with E-state index in [-0.39, 0.29) is 28.9 Å². The number of nitrogens with one attached hydrogen (secondary N) is 1. The standard InChI is InChI=1S/C23H26N2O3S/c1-17(2)24-20-11-14-22(23(26)15-20)25(16-19-7-5-4-6-8-19)29(27,28)21-12-9-18(3)10-13-21/h4-15,17,24,26H,16H2,1-3H3. The molecule has 0 radical (unpaired) electrons. The van der Waals surface area contributed by atoms with E-state index in [1.54, 1.807) is 42.5 Å². The van der Waals surface area contributed by atoms with Gasteiger partial charge < -0.3 is 10.4 Å². The van der Waals surface area contributed by atoms with E-state index in [1.807, 2.05) is 51.1 Å². The van der Waals surface area contributed by atoms with Crippen LogP contribution in [0.15, 0.2) is 77.7 Å². The Morgan fingerprint density at radius 1 is 0.966 bits per heavy atom. The van der Waals surface area contributed by atoms with Crippen molar-refractivity contribution in [2.45, 2.75) is 38.3 Å². The SMILES string of the molecule is Cc1ccc(S(=O)(=O)N(Cc2ccccc2)c2ccc(NC(C)C)cc2O)cc1. The highest BCUT2D eigenvalue weighted by molar-refractivity contribution is 7.92. The molecule has 3 rings (SSSR count). The second-order valence-electron chi connectivity index (χ2n) is 7.31. The maximum atomic E-state index is 13.5. The fourth-order valence-corrected chi connectivity index (χ4v) is 4.51. The molecule has 3 aromatic carbocycles. The van der Waals surface area contributed by atoms with Crippen molar-refractivity contribution in [1.82, 2.24) is 0 Å². The molecule has 2 N–H and O–H groups in total. The van der Waals surface area contributed by atoms with Gasteiger partial charge in [0.25, 0.3) is 10.0 Å². The van der Waals surface area contributed by atoms with Gasteiger partial charge in [0.2, 0.25) is 0 Å². The van der Waals surface area contributed by atoms with Gasteiger partial charge in [-0.2, -0.15) is 0 Å². The van der Waals surface area contributed by atoms with E-state index in [4.69, 9.17) is 0 Å². The number of rotatable bonds is 7.